The Morgan fingerprint density at radius 1 is 0.950 bits per heavy atom. The summed E-state index contributed by atoms with van der Waals surface area (Å²) in [5.74, 6) is -1.93. The first kappa shape index (κ1) is 20.4. The van der Waals surface area contributed by atoms with Crippen molar-refractivity contribution in [3.05, 3.63) is 0 Å². The highest BCUT2D eigenvalue weighted by atomic mass is 16.4. The van der Waals surface area contributed by atoms with Crippen LogP contribution in [0.5, 0.6) is 0 Å². The van der Waals surface area contributed by atoms with E-state index in [1.54, 1.807) is 0 Å². The number of hydrogen-bond donors (Lipinski definition) is 3. The summed E-state index contributed by atoms with van der Waals surface area (Å²) in [7, 11) is 0. The van der Waals surface area contributed by atoms with Gasteiger partial charge in [-0.15, -0.1) is 0 Å². The minimum Gasteiger partial charge on any atom is -0.481 e. The van der Waals surface area contributed by atoms with Crippen molar-refractivity contribution in [2.45, 2.75) is 53.4 Å². The van der Waals surface area contributed by atoms with Crippen molar-refractivity contribution < 1.29 is 29.4 Å². The Bertz CT molecular complexity index is 322. The maximum atomic E-state index is 11.0. The predicted octanol–water partition coefficient (Wildman–Crippen LogP) is 1.41. The zero-order valence-electron chi connectivity index (χ0n) is 12.4. The first-order chi connectivity index (χ1) is 8.96. The van der Waals surface area contributed by atoms with Crippen molar-refractivity contribution in [1.82, 2.24) is 5.32 Å². The Morgan fingerprint density at radius 2 is 1.20 bits per heavy atom. The number of imide groups is 1. The van der Waals surface area contributed by atoms with E-state index in [0.29, 0.717) is 12.8 Å². The zero-order valence-corrected chi connectivity index (χ0v) is 12.4. The van der Waals surface area contributed by atoms with Gasteiger partial charge in [-0.2, -0.15) is 0 Å². The Kier molecular flexibility index (Phi) is 10.1. The average molecular weight is 289 g/mol. The van der Waals surface area contributed by atoms with Crippen LogP contribution in [0.2, 0.25) is 0 Å². The molecule has 1 saturated heterocycles. The van der Waals surface area contributed by atoms with E-state index in [0.717, 1.165) is 26.7 Å². The molecule has 1 aliphatic heterocycles. The molecule has 0 atom stereocenters. The van der Waals surface area contributed by atoms with Crippen LogP contribution in [0.1, 0.15) is 53.4 Å². The molecular formula is C13H23NO6. The van der Waals surface area contributed by atoms with Gasteiger partial charge in [-0.3, -0.25) is 24.5 Å². The minimum absolute atomic E-state index is 0.132. The number of carbonyl (C=O) groups is 4. The van der Waals surface area contributed by atoms with Gasteiger partial charge in [0.1, 0.15) is 0 Å². The summed E-state index contributed by atoms with van der Waals surface area (Å²) in [4.78, 5) is 40.0. The molecule has 0 radical (unpaired) electrons. The molecule has 3 N–H and O–H groups in total. The number of carboxylic acids is 2. The van der Waals surface area contributed by atoms with E-state index in [2.05, 4.69) is 19.2 Å². The Balaban J connectivity index is 0. The summed E-state index contributed by atoms with van der Waals surface area (Å²) in [5, 5.41) is 17.2. The molecule has 0 aliphatic carbocycles. The van der Waals surface area contributed by atoms with Crippen molar-refractivity contribution in [1.29, 1.82) is 0 Å². The SMILES string of the molecule is CC(=O)O.CC(=O)O.CC1(C)CCC(=O)NC(=O)CC1. The summed E-state index contributed by atoms with van der Waals surface area (Å²) in [6.45, 7) is 6.36. The number of carbonyl (C=O) groups excluding carboxylic acids is 2. The van der Waals surface area contributed by atoms with Crippen LogP contribution in [0, 0.1) is 5.41 Å². The minimum atomic E-state index is -0.833. The van der Waals surface area contributed by atoms with E-state index >= 15 is 0 Å². The molecule has 0 saturated carbocycles. The second kappa shape index (κ2) is 9.94. The molecule has 20 heavy (non-hydrogen) atoms. The monoisotopic (exact) mass is 289 g/mol. The number of hydrogen-bond acceptors (Lipinski definition) is 4. The highest BCUT2D eigenvalue weighted by Crippen LogP contribution is 2.29. The third kappa shape index (κ3) is 18.4. The van der Waals surface area contributed by atoms with Crippen molar-refractivity contribution >= 4 is 23.8 Å². The Morgan fingerprint density at radius 3 is 1.45 bits per heavy atom. The van der Waals surface area contributed by atoms with Gasteiger partial charge in [0.05, 0.1) is 0 Å². The highest BCUT2D eigenvalue weighted by Gasteiger charge is 2.23. The molecule has 7 heteroatoms. The topological polar surface area (TPSA) is 121 Å². The molecule has 116 valence electrons. The lowest BCUT2D eigenvalue weighted by molar-refractivity contribution is -0.135. The molecule has 1 rings (SSSR count). The summed E-state index contributed by atoms with van der Waals surface area (Å²) in [5.41, 5.74) is 0.132. The van der Waals surface area contributed by atoms with E-state index in [9.17, 15) is 9.59 Å². The normalized spacial score (nSPS) is 17.0. The van der Waals surface area contributed by atoms with Crippen LogP contribution in [0.4, 0.5) is 0 Å². The molecule has 0 unspecified atom stereocenters. The largest absolute Gasteiger partial charge is 0.481 e. The third-order valence-corrected chi connectivity index (χ3v) is 2.34. The van der Waals surface area contributed by atoms with E-state index < -0.39 is 11.9 Å². The average Bonchev–Trinajstić information content (AvgIpc) is 2.21. The van der Waals surface area contributed by atoms with Gasteiger partial charge in [-0.05, 0) is 18.3 Å². The molecule has 1 aliphatic rings. The van der Waals surface area contributed by atoms with E-state index in [1.165, 1.54) is 0 Å². The highest BCUT2D eigenvalue weighted by molar-refractivity contribution is 5.95. The second-order valence-electron chi connectivity index (χ2n) is 5.17. The van der Waals surface area contributed by atoms with Gasteiger partial charge in [0.15, 0.2) is 0 Å². The van der Waals surface area contributed by atoms with Crippen LogP contribution in [0.25, 0.3) is 0 Å². The van der Waals surface area contributed by atoms with Crippen LogP contribution < -0.4 is 5.32 Å². The van der Waals surface area contributed by atoms with Crippen LogP contribution >= 0.6 is 0 Å². The van der Waals surface area contributed by atoms with Crippen LogP contribution in [0.3, 0.4) is 0 Å². The maximum Gasteiger partial charge on any atom is 0.300 e. The Hall–Kier alpha value is -1.92. The van der Waals surface area contributed by atoms with Crippen LogP contribution in [-0.4, -0.2) is 34.0 Å². The second-order valence-corrected chi connectivity index (χ2v) is 5.17. The molecule has 0 aromatic heterocycles. The molecule has 0 aromatic carbocycles. The zero-order chi connectivity index (χ0) is 16.3. The van der Waals surface area contributed by atoms with Gasteiger partial charge in [0.25, 0.3) is 11.9 Å². The lowest BCUT2D eigenvalue weighted by Crippen LogP contribution is -2.34. The van der Waals surface area contributed by atoms with Crippen molar-refractivity contribution in [2.75, 3.05) is 0 Å². The van der Waals surface area contributed by atoms with Crippen molar-refractivity contribution in [2.24, 2.45) is 5.41 Å². The van der Waals surface area contributed by atoms with Crippen molar-refractivity contribution in [3.8, 4) is 0 Å². The van der Waals surface area contributed by atoms with Gasteiger partial charge in [0.2, 0.25) is 11.8 Å². The molecule has 1 heterocycles. The van der Waals surface area contributed by atoms with Gasteiger partial charge < -0.3 is 10.2 Å². The maximum absolute atomic E-state index is 11.0. The van der Waals surface area contributed by atoms with E-state index in [-0.39, 0.29) is 17.2 Å². The molecule has 0 bridgehead atoms. The fraction of sp³-hybridized carbons (Fsp3) is 0.692. The lowest BCUT2D eigenvalue weighted by Gasteiger charge is -2.25. The van der Waals surface area contributed by atoms with Crippen LogP contribution in [-0.2, 0) is 19.2 Å². The molecule has 0 spiro atoms. The third-order valence-electron chi connectivity index (χ3n) is 2.34. The summed E-state index contributed by atoms with van der Waals surface area (Å²) >= 11 is 0. The van der Waals surface area contributed by atoms with Crippen molar-refractivity contribution in [3.63, 3.8) is 0 Å². The summed E-state index contributed by atoms with van der Waals surface area (Å²) in [6, 6.07) is 0. The molecule has 0 aromatic rings. The number of rotatable bonds is 0. The molecule has 7 nitrogen and oxygen atoms in total. The first-order valence-corrected chi connectivity index (χ1v) is 6.18. The van der Waals surface area contributed by atoms with E-state index in [4.69, 9.17) is 19.8 Å². The quantitative estimate of drug-likeness (QED) is 0.580. The van der Waals surface area contributed by atoms with E-state index in [1.807, 2.05) is 0 Å². The van der Waals surface area contributed by atoms with Gasteiger partial charge in [0, 0.05) is 26.7 Å². The lowest BCUT2D eigenvalue weighted by atomic mass is 9.82. The number of carboxylic acid groups (broad SMARTS) is 2. The smallest absolute Gasteiger partial charge is 0.300 e. The first-order valence-electron chi connectivity index (χ1n) is 6.18. The molecular weight excluding hydrogens is 266 g/mol. The number of nitrogens with one attached hydrogen (secondary N) is 1. The number of aliphatic carboxylic acids is 2. The molecule has 1 fully saturated rings. The molecule has 2 amide bonds. The van der Waals surface area contributed by atoms with Crippen LogP contribution in [0.15, 0.2) is 0 Å². The summed E-state index contributed by atoms with van der Waals surface area (Å²) in [6.07, 6.45) is 2.68. The predicted molar refractivity (Wildman–Crippen MR) is 72.0 cm³/mol. The number of amides is 2. The van der Waals surface area contributed by atoms with Gasteiger partial charge in [-0.25, -0.2) is 0 Å². The van der Waals surface area contributed by atoms with Gasteiger partial charge in [-0.1, -0.05) is 13.8 Å². The summed E-state index contributed by atoms with van der Waals surface area (Å²) < 4.78 is 0. The Labute approximate surface area is 118 Å². The fourth-order valence-corrected chi connectivity index (χ4v) is 1.31. The van der Waals surface area contributed by atoms with Gasteiger partial charge >= 0.3 is 0 Å². The standard InChI is InChI=1S/C9H15NO2.2C2H4O2/c1-9(2)5-3-7(11)10-8(12)4-6-9;2*1-2(3)4/h3-6H2,1-2H3,(H,10,11,12);2*1H3,(H,3,4). The fourth-order valence-electron chi connectivity index (χ4n) is 1.31.